The van der Waals surface area contributed by atoms with Crippen molar-refractivity contribution in [2.24, 2.45) is 0 Å². The number of rotatable bonds is 12. The molecule has 0 aromatic heterocycles. The van der Waals surface area contributed by atoms with Gasteiger partial charge in [-0.3, -0.25) is 0 Å². The molecule has 12 nitrogen and oxygen atoms in total. The van der Waals surface area contributed by atoms with E-state index in [4.69, 9.17) is 9.47 Å². The first-order chi connectivity index (χ1) is 19.3. The number of hydrogen-bond acceptors (Lipinski definition) is 10. The highest BCUT2D eigenvalue weighted by Gasteiger charge is 2.33. The molecule has 0 spiro atoms. The first-order valence-corrected chi connectivity index (χ1v) is 18.0. The summed E-state index contributed by atoms with van der Waals surface area (Å²) < 4.78 is 67.0. The fraction of sp³-hybridized carbons (Fsp3) is 0.417. The number of carbonyl (C=O) groups excluding carboxylic acids is 2. The molecule has 0 bridgehead atoms. The van der Waals surface area contributed by atoms with Gasteiger partial charge in [0.1, 0.15) is 9.79 Å². The summed E-state index contributed by atoms with van der Waals surface area (Å²) in [7, 11) is 1.53. The highest BCUT2D eigenvalue weighted by atomic mass is 79.9. The van der Waals surface area contributed by atoms with E-state index in [0.717, 1.165) is 8.61 Å². The monoisotopic (exact) mass is 954 g/mol. The van der Waals surface area contributed by atoms with Gasteiger partial charge >= 0.3 is 11.9 Å². The Morgan fingerprint density at radius 1 is 0.591 bits per heavy atom. The minimum Gasteiger partial charge on any atom is -0.415 e. The second-order valence-electron chi connectivity index (χ2n) is 9.47. The lowest BCUT2D eigenvalue weighted by molar-refractivity contribution is -0.156. The first-order valence-electron chi connectivity index (χ1n) is 11.9. The van der Waals surface area contributed by atoms with E-state index < -0.39 is 43.5 Å². The standard InChI is InChI=1S/C24H30Br4N4O8S2.2ClH/c1-29(2)7-9-31(5)41(35,36)19-13-15(25)11-17(27)21(19)39-23(33)24(34)40-22-18(28)12-16(26)14-20(22)42(37,38)32(6)10-8-30(3)4;;/h11-14H,7-10H2,1-6H3;2*1H. The van der Waals surface area contributed by atoms with Crippen LogP contribution < -0.4 is 9.47 Å². The number of halogens is 6. The Morgan fingerprint density at radius 3 is 1.16 bits per heavy atom. The molecule has 0 saturated heterocycles. The third-order valence-electron chi connectivity index (χ3n) is 5.61. The van der Waals surface area contributed by atoms with Crippen LogP contribution in [0.4, 0.5) is 0 Å². The Bertz CT molecular complexity index is 1450. The van der Waals surface area contributed by atoms with Gasteiger partial charge in [0, 0.05) is 49.2 Å². The number of carbonyl (C=O) groups is 2. The van der Waals surface area contributed by atoms with Crippen LogP contribution in [-0.4, -0.2) is 116 Å². The molecule has 44 heavy (non-hydrogen) atoms. The zero-order valence-electron chi connectivity index (χ0n) is 24.3. The summed E-state index contributed by atoms with van der Waals surface area (Å²) in [4.78, 5) is 28.7. The van der Waals surface area contributed by atoms with Gasteiger partial charge < -0.3 is 19.3 Å². The number of likely N-dealkylation sites (N-methyl/N-ethyl adjacent to an activating group) is 4. The average Bonchev–Trinajstić information content (AvgIpc) is 2.87. The minimum absolute atomic E-state index is 0. The molecule has 0 aliphatic carbocycles. The lowest BCUT2D eigenvalue weighted by Crippen LogP contribution is -2.34. The maximum atomic E-state index is 13.4. The number of nitrogens with zero attached hydrogens (tertiary/aromatic N) is 4. The maximum Gasteiger partial charge on any atom is 0.423 e. The molecule has 0 unspecified atom stereocenters. The van der Waals surface area contributed by atoms with Gasteiger partial charge in [0.15, 0.2) is 11.5 Å². The first kappa shape index (κ1) is 43.6. The minimum atomic E-state index is -4.18. The molecule has 0 aliphatic rings. The normalized spacial score (nSPS) is 11.9. The number of esters is 2. The van der Waals surface area contributed by atoms with Crippen LogP contribution >= 0.6 is 88.5 Å². The lowest BCUT2D eigenvalue weighted by atomic mass is 10.3. The van der Waals surface area contributed by atoms with Crippen molar-refractivity contribution in [3.63, 3.8) is 0 Å². The summed E-state index contributed by atoms with van der Waals surface area (Å²) >= 11 is 12.9. The Morgan fingerprint density at radius 2 is 0.886 bits per heavy atom. The van der Waals surface area contributed by atoms with Crippen LogP contribution in [0.5, 0.6) is 11.5 Å². The highest BCUT2D eigenvalue weighted by molar-refractivity contribution is 9.11. The summed E-state index contributed by atoms with van der Waals surface area (Å²) in [5, 5.41) is 0. The van der Waals surface area contributed by atoms with Crippen LogP contribution in [0.25, 0.3) is 0 Å². The molecule has 2 aromatic rings. The molecule has 0 atom stereocenters. The van der Waals surface area contributed by atoms with Crippen molar-refractivity contribution < 1.29 is 35.9 Å². The highest BCUT2D eigenvalue weighted by Crippen LogP contribution is 2.39. The largest absolute Gasteiger partial charge is 0.423 e. The van der Waals surface area contributed by atoms with Crippen molar-refractivity contribution in [1.29, 1.82) is 0 Å². The molecule has 20 heteroatoms. The van der Waals surface area contributed by atoms with E-state index in [1.54, 1.807) is 38.0 Å². The number of benzene rings is 2. The van der Waals surface area contributed by atoms with E-state index in [2.05, 4.69) is 63.7 Å². The summed E-state index contributed by atoms with van der Waals surface area (Å²) in [6, 6.07) is 5.35. The van der Waals surface area contributed by atoms with Gasteiger partial charge in [-0.05, 0) is 84.3 Å². The molecule has 0 radical (unpaired) electrons. The predicted molar refractivity (Wildman–Crippen MR) is 186 cm³/mol. The number of sulfonamides is 2. The van der Waals surface area contributed by atoms with E-state index in [1.165, 1.54) is 38.4 Å². The second-order valence-corrected chi connectivity index (χ2v) is 17.0. The van der Waals surface area contributed by atoms with E-state index in [9.17, 15) is 26.4 Å². The molecule has 0 saturated carbocycles. The molecule has 0 heterocycles. The van der Waals surface area contributed by atoms with Gasteiger partial charge in [0.05, 0.1) is 8.95 Å². The molecular weight excluding hydrogens is 927 g/mol. The van der Waals surface area contributed by atoms with Crippen molar-refractivity contribution in [2.45, 2.75) is 9.79 Å². The van der Waals surface area contributed by atoms with Gasteiger partial charge in [-0.2, -0.15) is 8.61 Å². The van der Waals surface area contributed by atoms with Crippen molar-refractivity contribution in [2.75, 3.05) is 68.5 Å². The van der Waals surface area contributed by atoms with Crippen LogP contribution in [-0.2, 0) is 29.6 Å². The van der Waals surface area contributed by atoms with Gasteiger partial charge in [-0.1, -0.05) is 31.9 Å². The van der Waals surface area contributed by atoms with E-state index in [-0.39, 0.29) is 56.6 Å². The van der Waals surface area contributed by atoms with Gasteiger partial charge in [0.25, 0.3) is 0 Å². The number of hydrogen-bond donors (Lipinski definition) is 0. The van der Waals surface area contributed by atoms with Crippen LogP contribution in [0, 0.1) is 0 Å². The quantitative estimate of drug-likeness (QED) is 0.171. The Labute approximate surface area is 304 Å². The lowest BCUT2D eigenvalue weighted by Gasteiger charge is -2.22. The molecule has 0 N–H and O–H groups in total. The third-order valence-corrected chi connectivity index (χ3v) is 11.4. The van der Waals surface area contributed by atoms with Crippen molar-refractivity contribution in [1.82, 2.24) is 18.4 Å². The zero-order chi connectivity index (χ0) is 32.2. The van der Waals surface area contributed by atoms with Gasteiger partial charge in [-0.25, -0.2) is 26.4 Å². The predicted octanol–water partition coefficient (Wildman–Crippen LogP) is 4.46. The Kier molecular flexibility index (Phi) is 18.1. The Hall–Kier alpha value is -0.380. The van der Waals surface area contributed by atoms with Crippen LogP contribution in [0.3, 0.4) is 0 Å². The van der Waals surface area contributed by atoms with Crippen LogP contribution in [0.2, 0.25) is 0 Å². The molecular formula is C24H32Br4Cl2N4O8S2. The average molecular weight is 959 g/mol. The third kappa shape index (κ3) is 11.4. The van der Waals surface area contributed by atoms with Crippen molar-refractivity contribution in [3.8, 4) is 11.5 Å². The van der Waals surface area contributed by atoms with Gasteiger partial charge in [0.2, 0.25) is 20.0 Å². The fourth-order valence-corrected chi connectivity index (χ4v) is 9.00. The van der Waals surface area contributed by atoms with Crippen molar-refractivity contribution >= 4 is 121 Å². The molecule has 0 fully saturated rings. The topological polar surface area (TPSA) is 134 Å². The molecule has 0 aliphatic heterocycles. The molecule has 0 amide bonds. The summed E-state index contributed by atoms with van der Waals surface area (Å²) in [5.41, 5.74) is 0. The second kappa shape index (κ2) is 18.2. The van der Waals surface area contributed by atoms with Crippen LogP contribution in [0.15, 0.2) is 51.9 Å². The summed E-state index contributed by atoms with van der Waals surface area (Å²) in [6.07, 6.45) is 0. The number of ether oxygens (including phenoxy) is 2. The fourth-order valence-electron chi connectivity index (χ4n) is 3.18. The van der Waals surface area contributed by atoms with Crippen molar-refractivity contribution in [3.05, 3.63) is 42.2 Å². The molecule has 2 rings (SSSR count). The summed E-state index contributed by atoms with van der Waals surface area (Å²) in [5.74, 6) is -4.04. The smallest absolute Gasteiger partial charge is 0.415 e. The Balaban J connectivity index is 0.00000924. The molecule has 250 valence electrons. The van der Waals surface area contributed by atoms with E-state index >= 15 is 0 Å². The van der Waals surface area contributed by atoms with Crippen LogP contribution in [0.1, 0.15) is 0 Å². The zero-order valence-corrected chi connectivity index (χ0v) is 33.9. The van der Waals surface area contributed by atoms with E-state index in [0.29, 0.717) is 22.0 Å². The molecule has 2 aromatic carbocycles. The maximum absolute atomic E-state index is 13.4. The SMILES string of the molecule is CN(C)CCN(C)S(=O)(=O)c1cc(Br)cc(Br)c1OC(=O)C(=O)Oc1c(Br)cc(Br)cc1S(=O)(=O)N(C)CCN(C)C.Cl.Cl. The van der Waals surface area contributed by atoms with E-state index in [1.807, 2.05) is 0 Å². The van der Waals surface area contributed by atoms with Gasteiger partial charge in [-0.15, -0.1) is 24.8 Å². The summed E-state index contributed by atoms with van der Waals surface area (Å²) in [6.45, 7) is 1.10.